The van der Waals surface area contributed by atoms with Crippen molar-refractivity contribution in [2.75, 3.05) is 12.8 Å². The second-order valence-electron chi connectivity index (χ2n) is 4.25. The molecule has 1 nitrogen and oxygen atoms in total. The molecule has 4 heteroatoms. The molecule has 19 heavy (non-hydrogen) atoms. The van der Waals surface area contributed by atoms with Gasteiger partial charge in [-0.15, -0.1) is 23.1 Å². The molecule has 0 fully saturated rings. The number of nitrogens with one attached hydrogen (secondary N) is 1. The molecular weight excluding hydrogens is 338 g/mol. The van der Waals surface area contributed by atoms with Crippen molar-refractivity contribution in [3.8, 4) is 0 Å². The summed E-state index contributed by atoms with van der Waals surface area (Å²) >= 11 is 7.27. The number of hydrogen-bond acceptors (Lipinski definition) is 3. The van der Waals surface area contributed by atoms with Crippen LogP contribution >= 0.6 is 39.0 Å². The Morgan fingerprint density at radius 2 is 2.11 bits per heavy atom. The van der Waals surface area contributed by atoms with Gasteiger partial charge in [0.1, 0.15) is 0 Å². The van der Waals surface area contributed by atoms with Gasteiger partial charge < -0.3 is 5.32 Å². The van der Waals surface area contributed by atoms with Crippen LogP contribution in [-0.2, 0) is 6.42 Å². The van der Waals surface area contributed by atoms with Gasteiger partial charge in [0.05, 0.1) is 0 Å². The molecule has 0 aliphatic rings. The van der Waals surface area contributed by atoms with Crippen LogP contribution < -0.4 is 5.32 Å². The molecule has 0 aliphatic heterocycles. The predicted octanol–water partition coefficient (Wildman–Crippen LogP) is 5.13. The Bertz CT molecular complexity index is 524. The van der Waals surface area contributed by atoms with E-state index < -0.39 is 0 Å². The topological polar surface area (TPSA) is 12.0 Å². The Morgan fingerprint density at radius 1 is 1.32 bits per heavy atom. The number of rotatable bonds is 6. The zero-order valence-electron chi connectivity index (χ0n) is 11.2. The molecule has 0 spiro atoms. The zero-order chi connectivity index (χ0) is 13.7. The first-order valence-electron chi connectivity index (χ1n) is 6.34. The van der Waals surface area contributed by atoms with E-state index in [2.05, 4.69) is 70.1 Å². The minimum atomic E-state index is 0.378. The van der Waals surface area contributed by atoms with Gasteiger partial charge in [0.25, 0.3) is 0 Å². The van der Waals surface area contributed by atoms with Crippen molar-refractivity contribution in [1.29, 1.82) is 0 Å². The van der Waals surface area contributed by atoms with Crippen molar-refractivity contribution in [2.24, 2.45) is 0 Å². The van der Waals surface area contributed by atoms with Crippen LogP contribution in [0.15, 0.2) is 45.1 Å². The van der Waals surface area contributed by atoms with Gasteiger partial charge in [0.15, 0.2) is 0 Å². The summed E-state index contributed by atoms with van der Waals surface area (Å²) in [5.74, 6) is 0. The summed E-state index contributed by atoms with van der Waals surface area (Å²) in [5, 5.41) is 5.75. The lowest BCUT2D eigenvalue weighted by Crippen LogP contribution is -2.23. The fourth-order valence-electron chi connectivity index (χ4n) is 2.15. The molecule has 1 N–H and O–H groups in total. The van der Waals surface area contributed by atoms with E-state index in [0.29, 0.717) is 6.04 Å². The first kappa shape index (κ1) is 15.1. The maximum absolute atomic E-state index is 3.63. The van der Waals surface area contributed by atoms with Crippen LogP contribution in [-0.4, -0.2) is 12.8 Å². The summed E-state index contributed by atoms with van der Waals surface area (Å²) in [6, 6.07) is 11.2. The van der Waals surface area contributed by atoms with E-state index >= 15 is 0 Å². The van der Waals surface area contributed by atoms with Crippen LogP contribution in [0.2, 0.25) is 0 Å². The van der Waals surface area contributed by atoms with E-state index in [-0.39, 0.29) is 0 Å². The van der Waals surface area contributed by atoms with E-state index in [4.69, 9.17) is 0 Å². The third kappa shape index (κ3) is 3.85. The SMILES string of the molecule is CCNC(Cc1sccc1Br)c1ccccc1SC. The standard InChI is InChI=1S/C15H18BrNS2/c1-3-17-13(10-15-12(16)8-9-19-15)11-6-4-5-7-14(11)18-2/h4-9,13,17H,3,10H2,1-2H3. The van der Waals surface area contributed by atoms with Crippen LogP contribution in [0.1, 0.15) is 23.4 Å². The molecule has 0 amide bonds. The highest BCUT2D eigenvalue weighted by Gasteiger charge is 2.16. The molecule has 0 saturated heterocycles. The van der Waals surface area contributed by atoms with Crippen LogP contribution in [0.5, 0.6) is 0 Å². The molecular formula is C15H18BrNS2. The monoisotopic (exact) mass is 355 g/mol. The summed E-state index contributed by atoms with van der Waals surface area (Å²) < 4.78 is 1.22. The van der Waals surface area contributed by atoms with Gasteiger partial charge in [-0.1, -0.05) is 25.1 Å². The maximum Gasteiger partial charge on any atom is 0.0380 e. The Kier molecular flexibility index (Phi) is 5.95. The van der Waals surface area contributed by atoms with E-state index in [1.165, 1.54) is 19.8 Å². The lowest BCUT2D eigenvalue weighted by Gasteiger charge is -2.20. The second-order valence-corrected chi connectivity index (χ2v) is 6.95. The summed E-state index contributed by atoms with van der Waals surface area (Å²) in [5.41, 5.74) is 1.40. The smallest absolute Gasteiger partial charge is 0.0380 e. The van der Waals surface area contributed by atoms with E-state index in [1.54, 1.807) is 0 Å². The molecule has 0 radical (unpaired) electrons. The number of hydrogen-bond donors (Lipinski definition) is 1. The normalized spacial score (nSPS) is 12.6. The van der Waals surface area contributed by atoms with Crippen molar-refractivity contribution in [3.63, 3.8) is 0 Å². The van der Waals surface area contributed by atoms with Crippen molar-refractivity contribution in [2.45, 2.75) is 24.3 Å². The quantitative estimate of drug-likeness (QED) is 0.721. The Balaban J connectivity index is 2.27. The number of thioether (sulfide) groups is 1. The minimum absolute atomic E-state index is 0.378. The molecule has 1 unspecified atom stereocenters. The largest absolute Gasteiger partial charge is 0.310 e. The molecule has 0 saturated carbocycles. The molecule has 1 heterocycles. The maximum atomic E-state index is 3.63. The van der Waals surface area contributed by atoms with E-state index in [0.717, 1.165) is 13.0 Å². The zero-order valence-corrected chi connectivity index (χ0v) is 14.4. The highest BCUT2D eigenvalue weighted by Crippen LogP contribution is 2.32. The highest BCUT2D eigenvalue weighted by atomic mass is 79.9. The first-order valence-corrected chi connectivity index (χ1v) is 9.24. The Labute approximate surface area is 131 Å². The fraction of sp³-hybridized carbons (Fsp3) is 0.333. The van der Waals surface area contributed by atoms with Gasteiger partial charge in [-0.3, -0.25) is 0 Å². The first-order chi connectivity index (χ1) is 9.26. The minimum Gasteiger partial charge on any atom is -0.310 e. The van der Waals surface area contributed by atoms with Gasteiger partial charge in [-0.2, -0.15) is 0 Å². The second kappa shape index (κ2) is 7.48. The van der Waals surface area contributed by atoms with Crippen molar-refractivity contribution >= 4 is 39.0 Å². The molecule has 1 atom stereocenters. The van der Waals surface area contributed by atoms with Gasteiger partial charge in [0, 0.05) is 26.7 Å². The van der Waals surface area contributed by atoms with Gasteiger partial charge >= 0.3 is 0 Å². The number of benzene rings is 1. The summed E-state index contributed by atoms with van der Waals surface area (Å²) in [4.78, 5) is 2.77. The van der Waals surface area contributed by atoms with Gasteiger partial charge in [-0.25, -0.2) is 0 Å². The van der Waals surface area contributed by atoms with Crippen LogP contribution in [0.4, 0.5) is 0 Å². The van der Waals surface area contributed by atoms with Crippen LogP contribution in [0, 0.1) is 0 Å². The molecule has 1 aromatic heterocycles. The average Bonchev–Trinajstić information content (AvgIpc) is 2.84. The van der Waals surface area contributed by atoms with Crippen LogP contribution in [0.25, 0.3) is 0 Å². The lowest BCUT2D eigenvalue weighted by molar-refractivity contribution is 0.545. The van der Waals surface area contributed by atoms with Crippen molar-refractivity contribution in [1.82, 2.24) is 5.32 Å². The molecule has 102 valence electrons. The van der Waals surface area contributed by atoms with Gasteiger partial charge in [0.2, 0.25) is 0 Å². The fourth-order valence-corrected chi connectivity index (χ4v) is 4.37. The van der Waals surface area contributed by atoms with E-state index in [9.17, 15) is 0 Å². The van der Waals surface area contributed by atoms with Crippen molar-refractivity contribution in [3.05, 3.63) is 50.6 Å². The number of halogens is 1. The highest BCUT2D eigenvalue weighted by molar-refractivity contribution is 9.10. The summed E-state index contributed by atoms with van der Waals surface area (Å²) in [7, 11) is 0. The molecule has 0 aliphatic carbocycles. The summed E-state index contributed by atoms with van der Waals surface area (Å²) in [6.45, 7) is 3.15. The Morgan fingerprint density at radius 3 is 2.74 bits per heavy atom. The van der Waals surface area contributed by atoms with Gasteiger partial charge in [-0.05, 0) is 51.8 Å². The molecule has 2 aromatic rings. The predicted molar refractivity (Wildman–Crippen MR) is 90.4 cm³/mol. The number of likely N-dealkylation sites (N-methyl/N-ethyl adjacent to an activating group) is 1. The lowest BCUT2D eigenvalue weighted by atomic mass is 10.0. The third-order valence-corrected chi connectivity index (χ3v) is 5.81. The van der Waals surface area contributed by atoms with E-state index in [1.807, 2.05) is 23.1 Å². The average molecular weight is 356 g/mol. The molecule has 0 bridgehead atoms. The Hall–Kier alpha value is -0.290. The third-order valence-electron chi connectivity index (χ3n) is 3.05. The van der Waals surface area contributed by atoms with Crippen LogP contribution in [0.3, 0.4) is 0 Å². The van der Waals surface area contributed by atoms with Crippen molar-refractivity contribution < 1.29 is 0 Å². The molecule has 1 aromatic carbocycles. The molecule has 2 rings (SSSR count). The summed E-state index contributed by atoms with van der Waals surface area (Å²) in [6.07, 6.45) is 3.17. The number of thiophene rings is 1.